The molecule has 1 aromatic carbocycles. The van der Waals surface area contributed by atoms with Crippen LogP contribution in [0.2, 0.25) is 0 Å². The van der Waals surface area contributed by atoms with Crippen molar-refractivity contribution in [2.75, 3.05) is 17.2 Å². The largest absolute Gasteiger partial charge is 0.405 e. The molecule has 3 aromatic rings. The van der Waals surface area contributed by atoms with Crippen molar-refractivity contribution in [3.63, 3.8) is 0 Å². The van der Waals surface area contributed by atoms with Gasteiger partial charge in [0.25, 0.3) is 5.89 Å². The van der Waals surface area contributed by atoms with E-state index in [1.165, 1.54) is 0 Å². The third kappa shape index (κ3) is 6.69. The smallest absolute Gasteiger partial charge is 0.402 e. The second-order valence-corrected chi connectivity index (χ2v) is 10.1. The van der Waals surface area contributed by atoms with Crippen LogP contribution in [0.4, 0.5) is 24.9 Å². The second kappa shape index (κ2) is 10.9. The molecule has 1 aliphatic carbocycles. The molecule has 0 saturated heterocycles. The first kappa shape index (κ1) is 28.2. The predicted octanol–water partition coefficient (Wildman–Crippen LogP) is 5.96. The summed E-state index contributed by atoms with van der Waals surface area (Å²) < 4.78 is 44.1. The number of pyridine rings is 1. The van der Waals surface area contributed by atoms with Gasteiger partial charge in [-0.25, -0.2) is 4.98 Å². The molecular weight excluding hydrogens is 485 g/mol. The molecule has 0 aliphatic heterocycles. The van der Waals surface area contributed by atoms with Gasteiger partial charge in [-0.05, 0) is 54.5 Å². The number of rotatable bonds is 6. The van der Waals surface area contributed by atoms with Crippen LogP contribution in [0.3, 0.4) is 0 Å². The highest BCUT2D eigenvalue weighted by Gasteiger charge is 2.33. The van der Waals surface area contributed by atoms with E-state index in [0.29, 0.717) is 16.9 Å². The van der Waals surface area contributed by atoms with Gasteiger partial charge in [0, 0.05) is 17.1 Å². The highest BCUT2D eigenvalue weighted by molar-refractivity contribution is 5.90. The highest BCUT2D eigenvalue weighted by atomic mass is 19.4. The summed E-state index contributed by atoms with van der Waals surface area (Å²) in [7, 11) is 0. The number of fused-ring (bicyclic) bond motifs is 1. The molecular formula is C26H35F3N6O2. The molecule has 8 nitrogen and oxygen atoms in total. The number of primary amides is 1. The SMILES string of the molecule is CC.Cc1cc(-c2nnc(NC3CCCC3C(N)=O)o2)nc2c(C(C)(C)C)cc(NCC(F)(F)F)cc12. The Morgan fingerprint density at radius 2 is 1.84 bits per heavy atom. The number of carbonyl (C=O) groups excluding carboxylic acids is 1. The van der Waals surface area contributed by atoms with Crippen LogP contribution >= 0.6 is 0 Å². The predicted molar refractivity (Wildman–Crippen MR) is 138 cm³/mol. The number of aromatic nitrogens is 3. The minimum atomic E-state index is -4.33. The van der Waals surface area contributed by atoms with Crippen molar-refractivity contribution in [1.82, 2.24) is 15.2 Å². The molecule has 2 heterocycles. The van der Waals surface area contributed by atoms with Gasteiger partial charge in [0.05, 0.1) is 11.4 Å². The van der Waals surface area contributed by atoms with E-state index in [0.717, 1.165) is 35.8 Å². The molecule has 2 atom stereocenters. The Hall–Kier alpha value is -3.37. The summed E-state index contributed by atoms with van der Waals surface area (Å²) >= 11 is 0. The van der Waals surface area contributed by atoms with Crippen LogP contribution in [-0.4, -0.2) is 39.9 Å². The van der Waals surface area contributed by atoms with E-state index < -0.39 is 12.7 Å². The Bertz CT molecular complexity index is 1250. The summed E-state index contributed by atoms with van der Waals surface area (Å²) in [5.74, 6) is -0.448. The molecule has 2 aromatic heterocycles. The monoisotopic (exact) mass is 520 g/mol. The summed E-state index contributed by atoms with van der Waals surface area (Å²) in [6.45, 7) is 10.7. The maximum Gasteiger partial charge on any atom is 0.405 e. The zero-order valence-electron chi connectivity index (χ0n) is 22.1. The van der Waals surface area contributed by atoms with Crippen LogP contribution < -0.4 is 16.4 Å². The van der Waals surface area contributed by atoms with Gasteiger partial charge in [-0.2, -0.15) is 13.2 Å². The van der Waals surface area contributed by atoms with E-state index in [2.05, 4.69) is 20.8 Å². The minimum Gasteiger partial charge on any atom is -0.402 e. The van der Waals surface area contributed by atoms with Crippen LogP contribution in [0.15, 0.2) is 22.6 Å². The van der Waals surface area contributed by atoms with Gasteiger partial charge in [0.2, 0.25) is 5.91 Å². The van der Waals surface area contributed by atoms with Crippen molar-refractivity contribution in [1.29, 1.82) is 0 Å². The van der Waals surface area contributed by atoms with E-state index in [1.807, 2.05) is 41.5 Å². The number of alkyl halides is 3. The third-order valence-electron chi connectivity index (χ3n) is 6.26. The number of hydrogen-bond acceptors (Lipinski definition) is 7. The van der Waals surface area contributed by atoms with E-state index in [4.69, 9.17) is 15.1 Å². The molecule has 11 heteroatoms. The van der Waals surface area contributed by atoms with Gasteiger partial charge in [-0.1, -0.05) is 46.1 Å². The zero-order valence-corrected chi connectivity index (χ0v) is 22.1. The topological polar surface area (TPSA) is 119 Å². The van der Waals surface area contributed by atoms with Gasteiger partial charge < -0.3 is 20.8 Å². The van der Waals surface area contributed by atoms with Crippen LogP contribution in [0.5, 0.6) is 0 Å². The second-order valence-electron chi connectivity index (χ2n) is 10.1. The Morgan fingerprint density at radius 1 is 1.14 bits per heavy atom. The summed E-state index contributed by atoms with van der Waals surface area (Å²) in [4.78, 5) is 16.4. The average Bonchev–Trinajstić information content (AvgIpc) is 3.48. The third-order valence-corrected chi connectivity index (χ3v) is 6.26. The van der Waals surface area contributed by atoms with Crippen LogP contribution in [0.1, 0.15) is 65.0 Å². The Morgan fingerprint density at radius 3 is 2.46 bits per heavy atom. The molecule has 0 bridgehead atoms. The molecule has 0 spiro atoms. The quantitative estimate of drug-likeness (QED) is 0.367. The van der Waals surface area contributed by atoms with E-state index in [1.54, 1.807) is 18.2 Å². The van der Waals surface area contributed by atoms with Crippen molar-refractivity contribution >= 4 is 28.5 Å². The van der Waals surface area contributed by atoms with E-state index in [9.17, 15) is 18.0 Å². The molecule has 4 rings (SSSR count). The maximum atomic E-state index is 12.8. The van der Waals surface area contributed by atoms with Crippen molar-refractivity contribution < 1.29 is 22.4 Å². The van der Waals surface area contributed by atoms with Gasteiger partial charge in [0.1, 0.15) is 12.2 Å². The molecule has 1 saturated carbocycles. The fourth-order valence-electron chi connectivity index (χ4n) is 4.49. The number of aryl methyl sites for hydroxylation is 1. The number of nitrogens with two attached hydrogens (primary N) is 1. The van der Waals surface area contributed by atoms with Crippen molar-refractivity contribution in [2.24, 2.45) is 11.7 Å². The fourth-order valence-corrected chi connectivity index (χ4v) is 4.49. The van der Waals surface area contributed by atoms with Crippen LogP contribution in [-0.2, 0) is 10.2 Å². The maximum absolute atomic E-state index is 12.8. The number of carbonyl (C=O) groups is 1. The first-order valence-electron chi connectivity index (χ1n) is 12.5. The number of anilines is 2. The van der Waals surface area contributed by atoms with Crippen LogP contribution in [0, 0.1) is 12.8 Å². The molecule has 2 unspecified atom stereocenters. The summed E-state index contributed by atoms with van der Waals surface area (Å²) in [5, 5.41) is 14.5. The normalized spacial score (nSPS) is 17.9. The van der Waals surface area contributed by atoms with Gasteiger partial charge in [-0.3, -0.25) is 4.79 Å². The molecule has 1 fully saturated rings. The highest BCUT2D eigenvalue weighted by Crippen LogP contribution is 2.36. The molecule has 1 amide bonds. The Labute approximate surface area is 214 Å². The minimum absolute atomic E-state index is 0.165. The van der Waals surface area contributed by atoms with E-state index >= 15 is 0 Å². The van der Waals surface area contributed by atoms with Crippen molar-refractivity contribution in [3.8, 4) is 11.6 Å². The summed E-state index contributed by atoms with van der Waals surface area (Å²) in [6.07, 6.45) is -1.95. The fraction of sp³-hybridized carbons (Fsp3) is 0.538. The number of hydrogen-bond donors (Lipinski definition) is 3. The van der Waals surface area contributed by atoms with Crippen molar-refractivity contribution in [3.05, 3.63) is 29.3 Å². The Kier molecular flexibility index (Phi) is 8.34. The number of amides is 1. The molecule has 4 N–H and O–H groups in total. The molecule has 1 aliphatic rings. The number of halogens is 3. The van der Waals surface area contributed by atoms with Crippen molar-refractivity contribution in [2.45, 2.75) is 78.4 Å². The number of nitrogens with one attached hydrogen (secondary N) is 2. The number of benzene rings is 1. The standard InChI is InChI=1S/C24H29F3N6O2.C2H6/c1-12-8-18(21-32-33-22(35-21)31-17-7-5-6-14(17)20(28)34)30-19-15(12)9-13(29-11-24(25,26)27)10-16(19)23(2,3)4;1-2/h8-10,14,17,29H,5-7,11H2,1-4H3,(H2,28,34)(H,31,33);1-2H3. The van der Waals surface area contributed by atoms with E-state index in [-0.39, 0.29) is 35.2 Å². The lowest BCUT2D eigenvalue weighted by atomic mass is 9.84. The molecule has 37 heavy (non-hydrogen) atoms. The number of nitrogens with zero attached hydrogens (tertiary/aromatic N) is 3. The Balaban J connectivity index is 0.00000186. The summed E-state index contributed by atoms with van der Waals surface area (Å²) in [5.41, 5.74) is 8.19. The molecule has 202 valence electrons. The summed E-state index contributed by atoms with van der Waals surface area (Å²) in [6, 6.07) is 5.16. The average molecular weight is 521 g/mol. The van der Waals surface area contributed by atoms with Gasteiger partial charge >= 0.3 is 12.2 Å². The van der Waals surface area contributed by atoms with Crippen LogP contribution in [0.25, 0.3) is 22.5 Å². The molecule has 0 radical (unpaired) electrons. The first-order valence-corrected chi connectivity index (χ1v) is 12.5. The lowest BCUT2D eigenvalue weighted by molar-refractivity contribution is -0.121. The van der Waals surface area contributed by atoms with Gasteiger partial charge in [0.15, 0.2) is 0 Å². The van der Waals surface area contributed by atoms with Gasteiger partial charge in [-0.15, -0.1) is 5.10 Å². The lowest BCUT2D eigenvalue weighted by Gasteiger charge is -2.23. The first-order chi connectivity index (χ1) is 17.3. The lowest BCUT2D eigenvalue weighted by Crippen LogP contribution is -2.34. The zero-order chi connectivity index (χ0) is 27.5.